The molecule has 2 aromatic rings. The Labute approximate surface area is 162 Å². The zero-order valence-electron chi connectivity index (χ0n) is 15.6. The normalized spacial score (nSPS) is 16.7. The number of hydrogen-bond acceptors (Lipinski definition) is 6. The molecule has 9 nitrogen and oxygen atoms in total. The quantitative estimate of drug-likeness (QED) is 0.689. The number of carbonyl (C=O) groups excluding carboxylic acids is 2. The minimum Gasteiger partial charge on any atom is -0.497 e. The third-order valence-electron chi connectivity index (χ3n) is 4.54. The van der Waals surface area contributed by atoms with Gasteiger partial charge in [-0.25, -0.2) is 4.68 Å². The van der Waals surface area contributed by atoms with Crippen LogP contribution in [-0.2, 0) is 16.1 Å². The zero-order chi connectivity index (χ0) is 19.9. The topological polar surface area (TPSA) is 106 Å². The van der Waals surface area contributed by atoms with Crippen molar-refractivity contribution in [3.8, 4) is 5.75 Å². The van der Waals surface area contributed by atoms with Gasteiger partial charge in [0.2, 0.25) is 11.8 Å². The summed E-state index contributed by atoms with van der Waals surface area (Å²) in [6.07, 6.45) is 1.80. The number of rotatable bonds is 7. The predicted octanol–water partition coefficient (Wildman–Crippen LogP) is -0.111. The lowest BCUT2D eigenvalue weighted by Gasteiger charge is -2.32. The Kier molecular flexibility index (Phi) is 6.38. The molecule has 1 unspecified atom stereocenters. The molecule has 0 aliphatic carbocycles. The van der Waals surface area contributed by atoms with Gasteiger partial charge in [-0.05, 0) is 23.8 Å². The fourth-order valence-corrected chi connectivity index (χ4v) is 2.99. The number of nitrogens with zero attached hydrogens (tertiary/aromatic N) is 3. The molecule has 0 bridgehead atoms. The van der Waals surface area contributed by atoms with Gasteiger partial charge in [-0.2, -0.15) is 5.10 Å². The lowest BCUT2D eigenvalue weighted by Crippen LogP contribution is -2.50. The summed E-state index contributed by atoms with van der Waals surface area (Å²) in [6, 6.07) is 10.4. The highest BCUT2D eigenvalue weighted by atomic mass is 16.5. The molecule has 148 valence electrons. The molecule has 1 aromatic heterocycles. The molecule has 1 fully saturated rings. The van der Waals surface area contributed by atoms with E-state index >= 15 is 0 Å². The molecule has 0 spiro atoms. The number of methoxy groups -OCH3 is 1. The third-order valence-corrected chi connectivity index (χ3v) is 4.54. The van der Waals surface area contributed by atoms with Crippen LogP contribution in [0.5, 0.6) is 5.75 Å². The second-order valence-electron chi connectivity index (χ2n) is 6.42. The van der Waals surface area contributed by atoms with E-state index in [0.717, 1.165) is 11.3 Å². The molecule has 0 saturated carbocycles. The SMILES string of the molecule is COc1ccc(C2CC(=O)N(CC(=O)NCCn3ncccc3=O)CN2)cc1. The lowest BCUT2D eigenvalue weighted by molar-refractivity contribution is -0.139. The summed E-state index contributed by atoms with van der Waals surface area (Å²) < 4.78 is 6.41. The summed E-state index contributed by atoms with van der Waals surface area (Å²) in [5.41, 5.74) is 0.774. The molecule has 0 radical (unpaired) electrons. The molecule has 1 aliphatic heterocycles. The highest BCUT2D eigenvalue weighted by molar-refractivity contribution is 5.85. The van der Waals surface area contributed by atoms with E-state index in [2.05, 4.69) is 15.7 Å². The minimum atomic E-state index is -0.276. The van der Waals surface area contributed by atoms with Gasteiger partial charge in [0.05, 0.1) is 20.3 Å². The highest BCUT2D eigenvalue weighted by Gasteiger charge is 2.27. The van der Waals surface area contributed by atoms with Gasteiger partial charge in [-0.3, -0.25) is 19.7 Å². The molecule has 1 saturated heterocycles. The Morgan fingerprint density at radius 1 is 1.29 bits per heavy atom. The molecular formula is C19H23N5O4. The van der Waals surface area contributed by atoms with Crippen LogP contribution in [0.15, 0.2) is 47.4 Å². The first-order chi connectivity index (χ1) is 13.6. The highest BCUT2D eigenvalue weighted by Crippen LogP contribution is 2.23. The summed E-state index contributed by atoms with van der Waals surface area (Å²) in [6.45, 7) is 0.803. The summed E-state index contributed by atoms with van der Waals surface area (Å²) >= 11 is 0. The van der Waals surface area contributed by atoms with Crippen molar-refractivity contribution in [3.05, 3.63) is 58.5 Å². The number of aromatic nitrogens is 2. The fourth-order valence-electron chi connectivity index (χ4n) is 2.99. The second-order valence-corrected chi connectivity index (χ2v) is 6.42. The number of benzene rings is 1. The second kappa shape index (κ2) is 9.14. The van der Waals surface area contributed by atoms with Crippen LogP contribution in [0.3, 0.4) is 0 Å². The van der Waals surface area contributed by atoms with Gasteiger partial charge in [-0.1, -0.05) is 12.1 Å². The van der Waals surface area contributed by atoms with Crippen LogP contribution in [0.25, 0.3) is 0 Å². The first-order valence-electron chi connectivity index (χ1n) is 9.01. The Bertz CT molecular complexity index is 880. The van der Waals surface area contributed by atoms with Crippen molar-refractivity contribution in [2.75, 3.05) is 26.9 Å². The van der Waals surface area contributed by atoms with E-state index in [4.69, 9.17) is 4.74 Å². The number of nitrogens with one attached hydrogen (secondary N) is 2. The van der Waals surface area contributed by atoms with Crippen LogP contribution in [-0.4, -0.2) is 53.4 Å². The maximum atomic E-state index is 12.4. The maximum absolute atomic E-state index is 12.4. The van der Waals surface area contributed by atoms with Crippen LogP contribution in [0, 0.1) is 0 Å². The summed E-state index contributed by atoms with van der Waals surface area (Å²) in [7, 11) is 1.61. The molecule has 2 amide bonds. The Balaban J connectivity index is 1.45. The Hall–Kier alpha value is -3.20. The molecule has 3 rings (SSSR count). The van der Waals surface area contributed by atoms with E-state index in [1.165, 1.54) is 21.8 Å². The fraction of sp³-hybridized carbons (Fsp3) is 0.368. The van der Waals surface area contributed by atoms with E-state index in [9.17, 15) is 14.4 Å². The van der Waals surface area contributed by atoms with Crippen LogP contribution in [0.1, 0.15) is 18.0 Å². The van der Waals surface area contributed by atoms with Gasteiger partial charge in [0.25, 0.3) is 5.56 Å². The minimum absolute atomic E-state index is 0.0295. The van der Waals surface area contributed by atoms with Crippen molar-refractivity contribution < 1.29 is 14.3 Å². The Morgan fingerprint density at radius 2 is 2.07 bits per heavy atom. The van der Waals surface area contributed by atoms with Crippen molar-refractivity contribution in [2.45, 2.75) is 19.0 Å². The number of carbonyl (C=O) groups is 2. The third kappa shape index (κ3) is 4.95. The van der Waals surface area contributed by atoms with Crippen LogP contribution >= 0.6 is 0 Å². The van der Waals surface area contributed by atoms with Gasteiger partial charge in [0.15, 0.2) is 0 Å². The van der Waals surface area contributed by atoms with Crippen molar-refractivity contribution in [2.24, 2.45) is 0 Å². The Morgan fingerprint density at radius 3 is 2.75 bits per heavy atom. The number of ether oxygens (including phenoxy) is 1. The van der Waals surface area contributed by atoms with Gasteiger partial charge in [0, 0.05) is 31.3 Å². The van der Waals surface area contributed by atoms with Crippen LogP contribution < -0.4 is 20.9 Å². The molecule has 28 heavy (non-hydrogen) atoms. The maximum Gasteiger partial charge on any atom is 0.266 e. The number of hydrogen-bond donors (Lipinski definition) is 2. The lowest BCUT2D eigenvalue weighted by atomic mass is 10.0. The summed E-state index contributed by atoms with van der Waals surface area (Å²) in [5.74, 6) is 0.398. The monoisotopic (exact) mass is 385 g/mol. The molecule has 1 atom stereocenters. The predicted molar refractivity (Wildman–Crippen MR) is 102 cm³/mol. The van der Waals surface area contributed by atoms with Crippen molar-refractivity contribution in [1.82, 2.24) is 25.3 Å². The largest absolute Gasteiger partial charge is 0.497 e. The first kappa shape index (κ1) is 19.6. The standard InChI is InChI=1S/C19H23N5O4/c1-28-15-6-4-14(5-7-15)16-11-19(27)23(13-21-16)12-17(25)20-9-10-24-18(26)3-2-8-22-24/h2-8,16,21H,9-13H2,1H3,(H,20,25). The van der Waals surface area contributed by atoms with Crippen molar-refractivity contribution in [3.63, 3.8) is 0 Å². The van der Waals surface area contributed by atoms with Gasteiger partial charge in [-0.15, -0.1) is 0 Å². The smallest absolute Gasteiger partial charge is 0.266 e. The van der Waals surface area contributed by atoms with Gasteiger partial charge >= 0.3 is 0 Å². The molecule has 2 heterocycles. The van der Waals surface area contributed by atoms with Crippen LogP contribution in [0.2, 0.25) is 0 Å². The van der Waals surface area contributed by atoms with E-state index in [0.29, 0.717) is 6.67 Å². The first-order valence-corrected chi connectivity index (χ1v) is 9.01. The van der Waals surface area contributed by atoms with Crippen molar-refractivity contribution in [1.29, 1.82) is 0 Å². The summed E-state index contributed by atoms with van der Waals surface area (Å²) in [5, 5.41) is 9.91. The zero-order valence-corrected chi connectivity index (χ0v) is 15.6. The van der Waals surface area contributed by atoms with Crippen molar-refractivity contribution >= 4 is 11.8 Å². The molecule has 2 N–H and O–H groups in total. The van der Waals surface area contributed by atoms with E-state index in [1.807, 2.05) is 24.3 Å². The van der Waals surface area contributed by atoms with Gasteiger partial charge in [0.1, 0.15) is 12.3 Å². The summed E-state index contributed by atoms with van der Waals surface area (Å²) in [4.78, 5) is 37.5. The van der Waals surface area contributed by atoms with E-state index < -0.39 is 0 Å². The average Bonchev–Trinajstić information content (AvgIpc) is 2.71. The molecular weight excluding hydrogens is 362 g/mol. The molecule has 1 aromatic carbocycles. The van der Waals surface area contributed by atoms with E-state index in [-0.39, 0.29) is 49.5 Å². The van der Waals surface area contributed by atoms with E-state index in [1.54, 1.807) is 13.2 Å². The van der Waals surface area contributed by atoms with Crippen LogP contribution in [0.4, 0.5) is 0 Å². The van der Waals surface area contributed by atoms with Gasteiger partial charge < -0.3 is 15.0 Å². The number of amides is 2. The molecule has 1 aliphatic rings. The molecule has 9 heteroatoms. The average molecular weight is 385 g/mol.